The van der Waals surface area contributed by atoms with Gasteiger partial charge in [0.1, 0.15) is 0 Å². The Kier molecular flexibility index (Phi) is 2.18. The van der Waals surface area contributed by atoms with E-state index in [4.69, 9.17) is 0 Å². The fraction of sp³-hybridized carbons (Fsp3) is 1.00. The minimum absolute atomic E-state index is 0.00463. The molecule has 0 aromatic carbocycles. The lowest BCUT2D eigenvalue weighted by atomic mass is 9.64. The van der Waals surface area contributed by atoms with Crippen LogP contribution in [0.15, 0.2) is 0 Å². The summed E-state index contributed by atoms with van der Waals surface area (Å²) in [6, 6.07) is 0.00463. The summed E-state index contributed by atoms with van der Waals surface area (Å²) in [5.74, 6) is 0.273. The molecule has 0 bridgehead atoms. The van der Waals surface area contributed by atoms with Crippen LogP contribution in [0.3, 0.4) is 0 Å². The van der Waals surface area contributed by atoms with Gasteiger partial charge in [-0.2, -0.15) is 4.31 Å². The molecule has 0 amide bonds. The van der Waals surface area contributed by atoms with E-state index in [1.54, 1.807) is 4.31 Å². The third kappa shape index (κ3) is 1.30. The zero-order valence-corrected chi connectivity index (χ0v) is 9.42. The molecule has 1 saturated carbocycles. The van der Waals surface area contributed by atoms with E-state index in [2.05, 4.69) is 0 Å². The van der Waals surface area contributed by atoms with Crippen molar-refractivity contribution in [1.82, 2.24) is 4.31 Å². The van der Waals surface area contributed by atoms with Crippen LogP contribution >= 0.6 is 0 Å². The highest BCUT2D eigenvalue weighted by molar-refractivity contribution is 7.89. The number of hydrogen-bond acceptors (Lipinski definition) is 3. The largest absolute Gasteiger partial charge is 0.392 e. The summed E-state index contributed by atoms with van der Waals surface area (Å²) in [6.07, 6.45) is 0.959. The average molecular weight is 219 g/mol. The van der Waals surface area contributed by atoms with Gasteiger partial charge in [0.15, 0.2) is 0 Å². The molecule has 0 aromatic heterocycles. The fourth-order valence-electron chi connectivity index (χ4n) is 2.38. The van der Waals surface area contributed by atoms with Crippen LogP contribution in [-0.4, -0.2) is 42.3 Å². The molecule has 1 saturated heterocycles. The molecule has 5 heteroatoms. The Bertz CT molecular complexity index is 336. The number of rotatable bonds is 1. The van der Waals surface area contributed by atoms with Gasteiger partial charge >= 0.3 is 0 Å². The normalized spacial score (nSPS) is 40.8. The Morgan fingerprint density at radius 2 is 2.07 bits per heavy atom. The maximum atomic E-state index is 11.6. The number of aliphatic hydroxyl groups is 1. The molecule has 1 aliphatic heterocycles. The minimum Gasteiger partial charge on any atom is -0.392 e. The maximum absolute atomic E-state index is 11.6. The molecule has 14 heavy (non-hydrogen) atoms. The van der Waals surface area contributed by atoms with Gasteiger partial charge in [0.25, 0.3) is 0 Å². The van der Waals surface area contributed by atoms with Gasteiger partial charge in [-0.15, -0.1) is 0 Å². The van der Waals surface area contributed by atoms with E-state index < -0.39 is 10.0 Å². The highest BCUT2D eigenvalue weighted by atomic mass is 32.2. The molecule has 2 unspecified atom stereocenters. The summed E-state index contributed by atoms with van der Waals surface area (Å²) in [5.41, 5.74) is -0.280. The SMILES string of the molecule is CC1(C)C(O)CC1N1CCCS1(=O)=O. The van der Waals surface area contributed by atoms with Gasteiger partial charge in [-0.05, 0) is 12.8 Å². The van der Waals surface area contributed by atoms with E-state index >= 15 is 0 Å². The molecule has 2 fully saturated rings. The molecular formula is C9H17NO3S. The third-order valence-corrected chi connectivity index (χ3v) is 5.61. The van der Waals surface area contributed by atoms with Gasteiger partial charge in [0.2, 0.25) is 10.0 Å². The van der Waals surface area contributed by atoms with Crippen LogP contribution in [0.5, 0.6) is 0 Å². The summed E-state index contributed by atoms with van der Waals surface area (Å²) in [5, 5.41) is 9.56. The summed E-state index contributed by atoms with van der Waals surface area (Å²) in [6.45, 7) is 4.49. The van der Waals surface area contributed by atoms with Crippen molar-refractivity contribution in [2.24, 2.45) is 5.41 Å². The van der Waals surface area contributed by atoms with E-state index in [0.717, 1.165) is 6.42 Å². The summed E-state index contributed by atoms with van der Waals surface area (Å²) in [4.78, 5) is 0. The van der Waals surface area contributed by atoms with E-state index in [9.17, 15) is 13.5 Å². The predicted octanol–water partition coefficient (Wildman–Crippen LogP) is 0.181. The molecule has 2 rings (SSSR count). The van der Waals surface area contributed by atoms with Crippen LogP contribution in [0.2, 0.25) is 0 Å². The maximum Gasteiger partial charge on any atom is 0.214 e. The van der Waals surface area contributed by atoms with Crippen molar-refractivity contribution in [3.63, 3.8) is 0 Å². The molecule has 2 atom stereocenters. The van der Waals surface area contributed by atoms with Crippen molar-refractivity contribution in [2.75, 3.05) is 12.3 Å². The summed E-state index contributed by atoms with van der Waals surface area (Å²) in [7, 11) is -3.02. The van der Waals surface area contributed by atoms with Gasteiger partial charge in [0, 0.05) is 18.0 Å². The van der Waals surface area contributed by atoms with Crippen LogP contribution < -0.4 is 0 Å². The van der Waals surface area contributed by atoms with Gasteiger partial charge in [-0.3, -0.25) is 0 Å². The molecule has 1 aliphatic carbocycles. The second kappa shape index (κ2) is 2.93. The van der Waals surface area contributed by atoms with Crippen molar-refractivity contribution < 1.29 is 13.5 Å². The van der Waals surface area contributed by atoms with Crippen LogP contribution in [0.1, 0.15) is 26.7 Å². The molecule has 0 radical (unpaired) electrons. The first-order valence-electron chi connectivity index (χ1n) is 5.03. The average Bonchev–Trinajstić information content (AvgIpc) is 2.41. The monoisotopic (exact) mass is 219 g/mol. The molecule has 4 nitrogen and oxygen atoms in total. The van der Waals surface area contributed by atoms with Crippen molar-refractivity contribution in [2.45, 2.75) is 38.8 Å². The quantitative estimate of drug-likeness (QED) is 0.684. The molecule has 0 spiro atoms. The number of sulfonamides is 1. The Labute approximate surface area is 85.0 Å². The molecule has 2 aliphatic rings. The molecule has 82 valence electrons. The zero-order valence-electron chi connectivity index (χ0n) is 8.60. The molecule has 1 heterocycles. The standard InChI is InChI=1S/C9H17NO3S/c1-9(2)7(6-8(9)11)10-4-3-5-14(10,12)13/h7-8,11H,3-6H2,1-2H3. The predicted molar refractivity (Wildman–Crippen MR) is 53.3 cm³/mol. The number of nitrogens with zero attached hydrogens (tertiary/aromatic N) is 1. The van der Waals surface area contributed by atoms with Crippen LogP contribution in [-0.2, 0) is 10.0 Å². The lowest BCUT2D eigenvalue weighted by Crippen LogP contribution is -2.61. The number of hydrogen-bond donors (Lipinski definition) is 1. The highest BCUT2D eigenvalue weighted by Crippen LogP contribution is 2.45. The van der Waals surface area contributed by atoms with E-state index in [0.29, 0.717) is 13.0 Å². The fourth-order valence-corrected chi connectivity index (χ4v) is 4.26. The molecule has 0 aromatic rings. The van der Waals surface area contributed by atoms with Crippen LogP contribution in [0.25, 0.3) is 0 Å². The second-order valence-corrected chi connectivity index (χ2v) is 6.91. The van der Waals surface area contributed by atoms with Crippen molar-refractivity contribution in [1.29, 1.82) is 0 Å². The lowest BCUT2D eigenvalue weighted by Gasteiger charge is -2.52. The molecular weight excluding hydrogens is 202 g/mol. The lowest BCUT2D eigenvalue weighted by molar-refractivity contribution is -0.0960. The van der Waals surface area contributed by atoms with Crippen molar-refractivity contribution in [3.05, 3.63) is 0 Å². The second-order valence-electron chi connectivity index (χ2n) is 4.87. The first-order valence-corrected chi connectivity index (χ1v) is 6.64. The number of aliphatic hydroxyl groups excluding tert-OH is 1. The first kappa shape index (κ1) is 10.4. The Morgan fingerprint density at radius 1 is 1.43 bits per heavy atom. The summed E-state index contributed by atoms with van der Waals surface area (Å²) >= 11 is 0. The topological polar surface area (TPSA) is 57.6 Å². The van der Waals surface area contributed by atoms with E-state index in [1.165, 1.54) is 0 Å². The van der Waals surface area contributed by atoms with Crippen molar-refractivity contribution in [3.8, 4) is 0 Å². The Balaban J connectivity index is 2.19. The van der Waals surface area contributed by atoms with E-state index in [-0.39, 0.29) is 23.3 Å². The Morgan fingerprint density at radius 3 is 2.43 bits per heavy atom. The van der Waals surface area contributed by atoms with Gasteiger partial charge in [-0.25, -0.2) is 8.42 Å². The van der Waals surface area contributed by atoms with Gasteiger partial charge in [0.05, 0.1) is 11.9 Å². The molecule has 1 N–H and O–H groups in total. The first-order chi connectivity index (χ1) is 6.36. The van der Waals surface area contributed by atoms with Gasteiger partial charge < -0.3 is 5.11 Å². The summed E-state index contributed by atoms with van der Waals surface area (Å²) < 4.78 is 24.9. The van der Waals surface area contributed by atoms with E-state index in [1.807, 2.05) is 13.8 Å². The van der Waals surface area contributed by atoms with Gasteiger partial charge in [-0.1, -0.05) is 13.8 Å². The van der Waals surface area contributed by atoms with Crippen LogP contribution in [0, 0.1) is 5.41 Å². The zero-order chi connectivity index (χ0) is 10.6. The third-order valence-electron chi connectivity index (χ3n) is 3.65. The smallest absolute Gasteiger partial charge is 0.214 e. The Hall–Kier alpha value is -0.130. The van der Waals surface area contributed by atoms with Crippen molar-refractivity contribution >= 4 is 10.0 Å². The van der Waals surface area contributed by atoms with Crippen LogP contribution in [0.4, 0.5) is 0 Å². The minimum atomic E-state index is -3.02. The highest BCUT2D eigenvalue weighted by Gasteiger charge is 2.53.